The van der Waals surface area contributed by atoms with Crippen LogP contribution in [0.3, 0.4) is 0 Å². The third-order valence-electron chi connectivity index (χ3n) is 7.49. The van der Waals surface area contributed by atoms with Crippen LogP contribution in [0.2, 0.25) is 0 Å². The molecule has 2 aromatic rings. The van der Waals surface area contributed by atoms with Crippen LogP contribution in [0.15, 0.2) is 36.4 Å². The fraction of sp³-hybridized carbons (Fsp3) is 0.657. The van der Waals surface area contributed by atoms with Crippen molar-refractivity contribution >= 4 is 0 Å². The molecule has 0 aliphatic rings. The summed E-state index contributed by atoms with van der Waals surface area (Å²) < 4.78 is 0. The quantitative estimate of drug-likeness (QED) is 0.167. The zero-order valence-corrected chi connectivity index (χ0v) is 23.9. The third-order valence-corrected chi connectivity index (χ3v) is 7.49. The Bertz CT molecular complexity index is 692. The van der Waals surface area contributed by atoms with Crippen molar-refractivity contribution in [2.45, 2.75) is 150 Å². The second-order valence-corrected chi connectivity index (χ2v) is 11.5. The van der Waals surface area contributed by atoms with Crippen LogP contribution in [0, 0.1) is 27.7 Å². The molecule has 0 saturated heterocycles. The predicted octanol–water partition coefficient (Wildman–Crippen LogP) is 11.3. The number of hydrogen-bond acceptors (Lipinski definition) is 0. The van der Waals surface area contributed by atoms with Crippen LogP contribution in [0.25, 0.3) is 0 Å². The third kappa shape index (κ3) is 15.2. The normalized spacial score (nSPS) is 11.3. The van der Waals surface area contributed by atoms with Crippen LogP contribution >= 0.6 is 0 Å². The highest BCUT2D eigenvalue weighted by atomic mass is 14.1. The fourth-order valence-corrected chi connectivity index (χ4v) is 5.74. The van der Waals surface area contributed by atoms with Crippen molar-refractivity contribution in [3.63, 3.8) is 0 Å². The average molecular weight is 477 g/mol. The topological polar surface area (TPSA) is 0 Å². The Balaban J connectivity index is 1.27. The second kappa shape index (κ2) is 18.7. The summed E-state index contributed by atoms with van der Waals surface area (Å²) in [4.78, 5) is 0. The molecule has 0 aliphatic carbocycles. The van der Waals surface area contributed by atoms with E-state index in [9.17, 15) is 0 Å². The van der Waals surface area contributed by atoms with Gasteiger partial charge < -0.3 is 0 Å². The first-order valence-electron chi connectivity index (χ1n) is 15.2. The summed E-state index contributed by atoms with van der Waals surface area (Å²) in [5.74, 6) is 0. The molecule has 0 spiro atoms. The summed E-state index contributed by atoms with van der Waals surface area (Å²) in [7, 11) is 0. The molecule has 0 amide bonds. The molecule has 0 nitrogen and oxygen atoms in total. The Kier molecular flexibility index (Phi) is 15.8. The molecule has 0 heterocycles. The molecule has 2 rings (SSSR count). The van der Waals surface area contributed by atoms with Gasteiger partial charge in [0.25, 0.3) is 0 Å². The molecular weight excluding hydrogens is 420 g/mol. The summed E-state index contributed by atoms with van der Waals surface area (Å²) in [6, 6.07) is 14.0. The van der Waals surface area contributed by atoms with Crippen LogP contribution in [-0.2, 0) is 12.8 Å². The first-order chi connectivity index (χ1) is 17.0. The van der Waals surface area contributed by atoms with Gasteiger partial charge in [-0.2, -0.15) is 0 Å². The molecule has 2 aromatic carbocycles. The highest BCUT2D eigenvalue weighted by Gasteiger charge is 1.99. The Morgan fingerprint density at radius 2 is 0.486 bits per heavy atom. The van der Waals surface area contributed by atoms with Crippen molar-refractivity contribution in [2.24, 2.45) is 0 Å². The van der Waals surface area contributed by atoms with Crippen LogP contribution in [-0.4, -0.2) is 0 Å². The Labute approximate surface area is 219 Å². The molecule has 0 aromatic heterocycles. The minimum atomic E-state index is 1.26. The molecule has 0 fully saturated rings. The van der Waals surface area contributed by atoms with Gasteiger partial charge in [-0.15, -0.1) is 0 Å². The zero-order valence-electron chi connectivity index (χ0n) is 23.9. The van der Waals surface area contributed by atoms with E-state index in [4.69, 9.17) is 0 Å². The van der Waals surface area contributed by atoms with Crippen molar-refractivity contribution in [3.8, 4) is 0 Å². The standard InChI is InChI=1S/C35H56/c1-30-24-31(2)27-34(26-30)22-20-18-16-14-12-10-8-6-5-7-9-11-13-15-17-19-21-23-35-28-32(3)25-33(4)29-35/h24-29H,5-23H2,1-4H3. The van der Waals surface area contributed by atoms with Gasteiger partial charge in [0.05, 0.1) is 0 Å². The molecule has 0 N–H and O–H groups in total. The molecule has 0 heteroatoms. The Morgan fingerprint density at radius 3 is 0.714 bits per heavy atom. The van der Waals surface area contributed by atoms with Gasteiger partial charge in [0, 0.05) is 0 Å². The summed E-state index contributed by atoms with van der Waals surface area (Å²) >= 11 is 0. The van der Waals surface area contributed by atoms with E-state index < -0.39 is 0 Å². The van der Waals surface area contributed by atoms with E-state index in [2.05, 4.69) is 64.1 Å². The molecule has 0 bridgehead atoms. The molecule has 0 aliphatic heterocycles. The van der Waals surface area contributed by atoms with Crippen molar-refractivity contribution in [3.05, 3.63) is 69.8 Å². The maximum Gasteiger partial charge on any atom is -0.0279 e. The number of rotatable bonds is 20. The maximum atomic E-state index is 2.36. The van der Waals surface area contributed by atoms with E-state index in [-0.39, 0.29) is 0 Å². The highest BCUT2D eigenvalue weighted by molar-refractivity contribution is 5.29. The van der Waals surface area contributed by atoms with Gasteiger partial charge in [-0.3, -0.25) is 0 Å². The molecule has 35 heavy (non-hydrogen) atoms. The van der Waals surface area contributed by atoms with Crippen LogP contribution in [0.5, 0.6) is 0 Å². The predicted molar refractivity (Wildman–Crippen MR) is 158 cm³/mol. The van der Waals surface area contributed by atoms with E-state index in [1.165, 1.54) is 155 Å². The minimum absolute atomic E-state index is 1.26. The lowest BCUT2D eigenvalue weighted by molar-refractivity contribution is 0.525. The fourth-order valence-electron chi connectivity index (χ4n) is 5.74. The van der Waals surface area contributed by atoms with Crippen LogP contribution in [0.4, 0.5) is 0 Å². The van der Waals surface area contributed by atoms with Gasteiger partial charge in [-0.05, 0) is 64.5 Å². The smallest absolute Gasteiger partial charge is 0.0279 e. The second-order valence-electron chi connectivity index (χ2n) is 11.5. The van der Waals surface area contributed by atoms with E-state index in [0.717, 1.165) is 0 Å². The molecule has 0 saturated carbocycles. The Hall–Kier alpha value is -1.56. The first kappa shape index (κ1) is 29.7. The SMILES string of the molecule is Cc1cc(C)cc(CCCCCCCCCCCCCCCCCCCc2cc(C)cc(C)c2)c1. The number of aryl methyl sites for hydroxylation is 6. The van der Waals surface area contributed by atoms with Crippen molar-refractivity contribution in [1.82, 2.24) is 0 Å². The Morgan fingerprint density at radius 1 is 0.286 bits per heavy atom. The molecule has 196 valence electrons. The zero-order chi connectivity index (χ0) is 25.1. The first-order valence-corrected chi connectivity index (χ1v) is 15.2. The van der Waals surface area contributed by atoms with E-state index in [1.807, 2.05) is 0 Å². The van der Waals surface area contributed by atoms with E-state index >= 15 is 0 Å². The van der Waals surface area contributed by atoms with Crippen molar-refractivity contribution in [2.75, 3.05) is 0 Å². The van der Waals surface area contributed by atoms with Gasteiger partial charge in [0.15, 0.2) is 0 Å². The van der Waals surface area contributed by atoms with Crippen LogP contribution < -0.4 is 0 Å². The molecular formula is C35H56. The monoisotopic (exact) mass is 476 g/mol. The molecule has 0 unspecified atom stereocenters. The summed E-state index contributed by atoms with van der Waals surface area (Å²) in [5, 5.41) is 0. The summed E-state index contributed by atoms with van der Waals surface area (Å²) in [5.41, 5.74) is 8.72. The summed E-state index contributed by atoms with van der Waals surface area (Å²) in [6.07, 6.45) is 26.9. The van der Waals surface area contributed by atoms with Gasteiger partial charge in [0.2, 0.25) is 0 Å². The molecule has 0 radical (unpaired) electrons. The lowest BCUT2D eigenvalue weighted by Crippen LogP contribution is -1.89. The lowest BCUT2D eigenvalue weighted by atomic mass is 10.0. The highest BCUT2D eigenvalue weighted by Crippen LogP contribution is 2.17. The summed E-state index contributed by atoms with van der Waals surface area (Å²) in [6.45, 7) is 8.86. The van der Waals surface area contributed by atoms with Crippen LogP contribution in [0.1, 0.15) is 143 Å². The van der Waals surface area contributed by atoms with Crippen molar-refractivity contribution < 1.29 is 0 Å². The van der Waals surface area contributed by atoms with Gasteiger partial charge in [0.1, 0.15) is 0 Å². The van der Waals surface area contributed by atoms with Gasteiger partial charge in [-0.25, -0.2) is 0 Å². The molecule has 0 atom stereocenters. The van der Waals surface area contributed by atoms with Crippen molar-refractivity contribution in [1.29, 1.82) is 0 Å². The average Bonchev–Trinajstić information content (AvgIpc) is 2.79. The van der Waals surface area contributed by atoms with E-state index in [1.54, 1.807) is 0 Å². The van der Waals surface area contributed by atoms with Gasteiger partial charge in [-0.1, -0.05) is 155 Å². The number of unbranched alkanes of at least 4 members (excludes halogenated alkanes) is 16. The lowest BCUT2D eigenvalue weighted by Gasteiger charge is -2.06. The van der Waals surface area contributed by atoms with E-state index in [0.29, 0.717) is 0 Å². The largest absolute Gasteiger partial charge is 0.0564 e. The minimum Gasteiger partial charge on any atom is -0.0564 e. The number of benzene rings is 2. The maximum absolute atomic E-state index is 2.36. The van der Waals surface area contributed by atoms with Gasteiger partial charge >= 0.3 is 0 Å². The number of hydrogen-bond donors (Lipinski definition) is 0.